The third kappa shape index (κ3) is 2.72. The monoisotopic (exact) mass is 334 g/mol. The van der Waals surface area contributed by atoms with Crippen molar-refractivity contribution in [3.8, 4) is 0 Å². The average Bonchev–Trinajstić information content (AvgIpc) is 3.44. The average molecular weight is 334 g/mol. The van der Waals surface area contributed by atoms with Crippen LogP contribution in [0, 0.1) is 5.82 Å². The Bertz CT molecular complexity index is 820. The van der Waals surface area contributed by atoms with Gasteiger partial charge in [-0.2, -0.15) is 0 Å². The molecule has 0 radical (unpaired) electrons. The number of hydrazine groups is 1. The summed E-state index contributed by atoms with van der Waals surface area (Å²) in [5.74, 6) is 0.606. The fraction of sp³-hybridized carbons (Fsp3) is 0.364. The lowest BCUT2D eigenvalue weighted by atomic mass is 10.00. The van der Waals surface area contributed by atoms with Gasteiger partial charge >= 0.3 is 0 Å². The van der Waals surface area contributed by atoms with Crippen LogP contribution in [0.5, 0.6) is 0 Å². The van der Waals surface area contributed by atoms with Crippen molar-refractivity contribution in [2.24, 2.45) is 0 Å². The molecule has 2 aromatic carbocycles. The molecule has 2 aliphatic heterocycles. The Labute approximate surface area is 148 Å². The van der Waals surface area contributed by atoms with Crippen molar-refractivity contribution >= 4 is 11.3 Å². The molecular weight excluding hydrogens is 311 g/mol. The maximum absolute atomic E-state index is 13.3. The highest BCUT2D eigenvalue weighted by Gasteiger charge is 2.33. The van der Waals surface area contributed by atoms with Crippen molar-refractivity contribution in [2.45, 2.75) is 38.0 Å². The number of halogens is 1. The zero-order valence-corrected chi connectivity index (χ0v) is 14.4. The van der Waals surface area contributed by atoms with Crippen LogP contribution in [0.2, 0.25) is 0 Å². The number of nitrogens with zero attached hydrogens (tertiary/aromatic N) is 2. The molecule has 5 rings (SSSR count). The Hall–Kier alpha value is -2.29. The smallest absolute Gasteiger partial charge is 0.123 e. The minimum absolute atomic E-state index is 0.165. The Morgan fingerprint density at radius 2 is 1.76 bits per heavy atom. The summed E-state index contributed by atoms with van der Waals surface area (Å²) in [5.41, 5.74) is 6.71. The first-order valence-electron chi connectivity index (χ1n) is 9.42. The van der Waals surface area contributed by atoms with E-state index in [4.69, 9.17) is 0 Å². The topological polar surface area (TPSA) is 6.48 Å². The van der Waals surface area contributed by atoms with Gasteiger partial charge in [-0.15, -0.1) is 0 Å². The highest BCUT2D eigenvalue weighted by molar-refractivity contribution is 5.76. The Morgan fingerprint density at radius 3 is 2.56 bits per heavy atom. The van der Waals surface area contributed by atoms with Gasteiger partial charge in [0.1, 0.15) is 5.82 Å². The molecule has 2 aromatic rings. The minimum Gasteiger partial charge on any atom is -0.289 e. The van der Waals surface area contributed by atoms with Crippen molar-refractivity contribution in [3.05, 3.63) is 71.2 Å². The molecule has 0 bridgehead atoms. The lowest BCUT2D eigenvalue weighted by Crippen LogP contribution is -2.40. The molecule has 1 aliphatic carbocycles. The van der Waals surface area contributed by atoms with Gasteiger partial charge in [-0.05, 0) is 73.4 Å². The van der Waals surface area contributed by atoms with Crippen molar-refractivity contribution in [1.82, 2.24) is 5.01 Å². The second-order valence-corrected chi connectivity index (χ2v) is 7.44. The van der Waals surface area contributed by atoms with Gasteiger partial charge in [0.05, 0.1) is 12.2 Å². The molecule has 3 heteroatoms. The number of piperidine rings is 1. The van der Waals surface area contributed by atoms with E-state index in [1.807, 2.05) is 12.1 Å². The Balaban J connectivity index is 1.51. The second-order valence-electron chi connectivity index (χ2n) is 7.44. The normalized spacial score (nSPS) is 20.2. The summed E-state index contributed by atoms with van der Waals surface area (Å²) in [7, 11) is 0. The summed E-state index contributed by atoms with van der Waals surface area (Å²) in [6, 6.07) is 16.1. The van der Waals surface area contributed by atoms with E-state index in [-0.39, 0.29) is 5.82 Å². The van der Waals surface area contributed by atoms with Crippen molar-refractivity contribution in [1.29, 1.82) is 0 Å². The summed E-state index contributed by atoms with van der Waals surface area (Å²) in [6.07, 6.45) is 6.26. The summed E-state index contributed by atoms with van der Waals surface area (Å²) >= 11 is 0. The van der Waals surface area contributed by atoms with E-state index in [9.17, 15) is 4.39 Å². The third-order valence-corrected chi connectivity index (χ3v) is 5.70. The number of fused-ring (bicyclic) bond motifs is 1. The van der Waals surface area contributed by atoms with E-state index in [2.05, 4.69) is 34.3 Å². The molecule has 3 aliphatic rings. The molecule has 0 amide bonds. The lowest BCUT2D eigenvalue weighted by molar-refractivity contribution is 0.294. The Morgan fingerprint density at radius 1 is 0.920 bits per heavy atom. The molecule has 128 valence electrons. The van der Waals surface area contributed by atoms with Gasteiger partial charge in [0.2, 0.25) is 0 Å². The first kappa shape index (κ1) is 15.0. The van der Waals surface area contributed by atoms with Gasteiger partial charge in [0.15, 0.2) is 0 Å². The second kappa shape index (κ2) is 5.91. The number of rotatable bonds is 3. The van der Waals surface area contributed by atoms with Crippen LogP contribution in [0.1, 0.15) is 49.1 Å². The molecule has 25 heavy (non-hydrogen) atoms. The molecule has 0 N–H and O–H groups in total. The maximum Gasteiger partial charge on any atom is 0.123 e. The maximum atomic E-state index is 13.3. The third-order valence-electron chi connectivity index (χ3n) is 5.70. The molecule has 1 saturated carbocycles. The van der Waals surface area contributed by atoms with E-state index in [0.717, 1.165) is 31.0 Å². The van der Waals surface area contributed by atoms with Gasteiger partial charge in [-0.3, -0.25) is 10.0 Å². The molecule has 2 heterocycles. The van der Waals surface area contributed by atoms with Gasteiger partial charge in [-0.1, -0.05) is 24.3 Å². The molecular formula is C22H23FN2. The van der Waals surface area contributed by atoms with Gasteiger partial charge in [-0.25, -0.2) is 4.39 Å². The van der Waals surface area contributed by atoms with Crippen molar-refractivity contribution in [2.75, 3.05) is 18.1 Å². The van der Waals surface area contributed by atoms with Crippen LogP contribution in [0.15, 0.2) is 54.2 Å². The van der Waals surface area contributed by atoms with E-state index in [0.29, 0.717) is 0 Å². The van der Waals surface area contributed by atoms with Crippen LogP contribution in [0.4, 0.5) is 10.1 Å². The van der Waals surface area contributed by atoms with Gasteiger partial charge in [0, 0.05) is 17.8 Å². The molecule has 0 unspecified atom stereocenters. The number of benzene rings is 2. The molecule has 2 nitrogen and oxygen atoms in total. The summed E-state index contributed by atoms with van der Waals surface area (Å²) in [6.45, 7) is 1.96. The van der Waals surface area contributed by atoms with E-state index in [1.54, 1.807) is 12.1 Å². The molecule has 0 spiro atoms. The largest absolute Gasteiger partial charge is 0.289 e. The van der Waals surface area contributed by atoms with Gasteiger partial charge in [0.25, 0.3) is 0 Å². The van der Waals surface area contributed by atoms with Crippen LogP contribution >= 0.6 is 0 Å². The predicted octanol–water partition coefficient (Wildman–Crippen LogP) is 5.34. The van der Waals surface area contributed by atoms with Crippen LogP contribution < -0.4 is 5.01 Å². The molecule has 0 atom stereocenters. The van der Waals surface area contributed by atoms with Crippen LogP contribution in [0.3, 0.4) is 0 Å². The predicted molar refractivity (Wildman–Crippen MR) is 99.6 cm³/mol. The first-order chi connectivity index (χ1) is 12.3. The Kier molecular flexibility index (Phi) is 3.54. The molecule has 2 fully saturated rings. The van der Waals surface area contributed by atoms with Crippen LogP contribution in [0.25, 0.3) is 5.57 Å². The standard InChI is InChI=1S/C22H23FN2/c23-19-11-9-17(10-12-19)21-15-25(24-13-2-1-6-22(21)24)20-5-3-4-18(14-20)16-7-8-16/h3-5,9-12,14,16H,1-2,6-8,13,15H2. The number of anilines is 1. The first-order valence-corrected chi connectivity index (χ1v) is 9.42. The number of hydrogen-bond donors (Lipinski definition) is 0. The van der Waals surface area contributed by atoms with E-state index in [1.165, 1.54) is 48.2 Å². The number of hydrogen-bond acceptors (Lipinski definition) is 2. The lowest BCUT2D eigenvalue weighted by Gasteiger charge is -2.36. The van der Waals surface area contributed by atoms with E-state index < -0.39 is 0 Å². The zero-order chi connectivity index (χ0) is 16.8. The highest BCUT2D eigenvalue weighted by atomic mass is 19.1. The van der Waals surface area contributed by atoms with E-state index >= 15 is 0 Å². The molecule has 0 aromatic heterocycles. The number of allylic oxidation sites excluding steroid dienone is 1. The van der Waals surface area contributed by atoms with Crippen molar-refractivity contribution < 1.29 is 4.39 Å². The zero-order valence-electron chi connectivity index (χ0n) is 14.4. The molecule has 1 saturated heterocycles. The summed E-state index contributed by atoms with van der Waals surface area (Å²) < 4.78 is 13.3. The highest BCUT2D eigenvalue weighted by Crippen LogP contribution is 2.43. The van der Waals surface area contributed by atoms with Crippen LogP contribution in [-0.2, 0) is 0 Å². The summed E-state index contributed by atoms with van der Waals surface area (Å²) in [4.78, 5) is 0. The summed E-state index contributed by atoms with van der Waals surface area (Å²) in [5, 5.41) is 4.90. The SMILES string of the molecule is Fc1ccc(C2=C3CCCCN3N(c3cccc(C4CC4)c3)C2)cc1. The minimum atomic E-state index is -0.165. The van der Waals surface area contributed by atoms with Gasteiger partial charge < -0.3 is 0 Å². The fourth-order valence-electron chi connectivity index (χ4n) is 4.21. The quantitative estimate of drug-likeness (QED) is 0.748. The van der Waals surface area contributed by atoms with Crippen LogP contribution in [-0.4, -0.2) is 18.1 Å². The van der Waals surface area contributed by atoms with Crippen molar-refractivity contribution in [3.63, 3.8) is 0 Å². The fourth-order valence-corrected chi connectivity index (χ4v) is 4.21.